The van der Waals surface area contributed by atoms with Crippen LogP contribution in [0, 0.1) is 6.92 Å². The lowest BCUT2D eigenvalue weighted by molar-refractivity contribution is 0.205. The Kier molecular flexibility index (Phi) is 4.37. The van der Waals surface area contributed by atoms with Gasteiger partial charge in [0.2, 0.25) is 0 Å². The van der Waals surface area contributed by atoms with Gasteiger partial charge in [0.05, 0.1) is 0 Å². The molecule has 0 heterocycles. The molecule has 0 aliphatic rings. The van der Waals surface area contributed by atoms with Crippen molar-refractivity contribution in [3.63, 3.8) is 0 Å². The first-order valence-electron chi connectivity index (χ1n) is 6.22. The van der Waals surface area contributed by atoms with Crippen LogP contribution in [0.4, 0.5) is 0 Å². The van der Waals surface area contributed by atoms with E-state index in [1.165, 1.54) is 11.1 Å². The van der Waals surface area contributed by atoms with Crippen molar-refractivity contribution in [2.24, 2.45) is 0 Å². The topological polar surface area (TPSA) is 21.3 Å². The third kappa shape index (κ3) is 3.34. The van der Waals surface area contributed by atoms with Gasteiger partial charge in [-0.2, -0.15) is 0 Å². The van der Waals surface area contributed by atoms with Crippen molar-refractivity contribution in [2.75, 3.05) is 13.6 Å². The van der Waals surface area contributed by atoms with Crippen molar-refractivity contribution in [3.05, 3.63) is 65.7 Å². The minimum Gasteiger partial charge on any atom is -0.484 e. The van der Waals surface area contributed by atoms with E-state index in [2.05, 4.69) is 36.5 Å². The summed E-state index contributed by atoms with van der Waals surface area (Å²) in [6.45, 7) is 2.86. The predicted molar refractivity (Wildman–Crippen MR) is 74.9 cm³/mol. The number of hydrogen-bond acceptors (Lipinski definition) is 2. The van der Waals surface area contributed by atoms with Crippen LogP contribution in [0.15, 0.2) is 54.6 Å². The fraction of sp³-hybridized carbons (Fsp3) is 0.250. The van der Waals surface area contributed by atoms with Crippen LogP contribution in [0.25, 0.3) is 0 Å². The third-order valence-electron chi connectivity index (χ3n) is 2.83. The highest BCUT2D eigenvalue weighted by Gasteiger charge is 2.11. The molecule has 2 heteroatoms. The largest absolute Gasteiger partial charge is 0.484 e. The maximum Gasteiger partial charge on any atom is 0.136 e. The van der Waals surface area contributed by atoms with Gasteiger partial charge in [-0.05, 0) is 37.2 Å². The van der Waals surface area contributed by atoms with Gasteiger partial charge in [-0.25, -0.2) is 0 Å². The Bertz CT molecular complexity index is 481. The van der Waals surface area contributed by atoms with Crippen LogP contribution in [0.1, 0.15) is 17.2 Å². The summed E-state index contributed by atoms with van der Waals surface area (Å²) in [6, 6.07) is 18.4. The second-order valence-electron chi connectivity index (χ2n) is 4.39. The lowest BCUT2D eigenvalue weighted by Crippen LogP contribution is -2.21. The molecule has 2 rings (SSSR count). The molecule has 94 valence electrons. The molecule has 0 spiro atoms. The Hall–Kier alpha value is -1.80. The SMILES string of the molecule is CNCC(Oc1cccc(C)c1)c1ccccc1. The first kappa shape index (κ1) is 12.7. The molecule has 2 nitrogen and oxygen atoms in total. The summed E-state index contributed by atoms with van der Waals surface area (Å²) >= 11 is 0. The zero-order valence-electron chi connectivity index (χ0n) is 10.9. The molecular formula is C16H19NO. The van der Waals surface area contributed by atoms with Gasteiger partial charge < -0.3 is 10.1 Å². The van der Waals surface area contributed by atoms with E-state index in [4.69, 9.17) is 4.74 Å². The highest BCUT2D eigenvalue weighted by atomic mass is 16.5. The monoisotopic (exact) mass is 241 g/mol. The molecule has 0 aliphatic heterocycles. The van der Waals surface area contributed by atoms with Crippen LogP contribution < -0.4 is 10.1 Å². The molecule has 0 saturated carbocycles. The van der Waals surface area contributed by atoms with Crippen molar-refractivity contribution in [3.8, 4) is 5.75 Å². The van der Waals surface area contributed by atoms with E-state index < -0.39 is 0 Å². The molecule has 1 N–H and O–H groups in total. The van der Waals surface area contributed by atoms with Crippen molar-refractivity contribution in [1.82, 2.24) is 5.32 Å². The molecule has 0 fully saturated rings. The van der Waals surface area contributed by atoms with E-state index in [1.54, 1.807) is 0 Å². The summed E-state index contributed by atoms with van der Waals surface area (Å²) in [5.41, 5.74) is 2.40. The number of likely N-dealkylation sites (N-methyl/N-ethyl adjacent to an activating group) is 1. The van der Waals surface area contributed by atoms with Crippen LogP contribution in [0.3, 0.4) is 0 Å². The first-order chi connectivity index (χ1) is 8.79. The van der Waals surface area contributed by atoms with Crippen molar-refractivity contribution in [1.29, 1.82) is 0 Å². The van der Waals surface area contributed by atoms with Crippen molar-refractivity contribution < 1.29 is 4.74 Å². The average molecular weight is 241 g/mol. The Morgan fingerprint density at radius 2 is 1.83 bits per heavy atom. The van der Waals surface area contributed by atoms with Gasteiger partial charge in [0.15, 0.2) is 0 Å². The van der Waals surface area contributed by atoms with E-state index in [9.17, 15) is 0 Å². The Morgan fingerprint density at radius 3 is 2.50 bits per heavy atom. The van der Waals surface area contributed by atoms with Gasteiger partial charge in [0.1, 0.15) is 11.9 Å². The quantitative estimate of drug-likeness (QED) is 0.867. The molecule has 0 aliphatic carbocycles. The maximum absolute atomic E-state index is 6.06. The molecule has 1 atom stereocenters. The number of rotatable bonds is 5. The second-order valence-corrected chi connectivity index (χ2v) is 4.39. The minimum atomic E-state index is 0.0398. The zero-order valence-corrected chi connectivity index (χ0v) is 10.9. The van der Waals surface area contributed by atoms with Crippen LogP contribution in [0.2, 0.25) is 0 Å². The summed E-state index contributed by atoms with van der Waals surface area (Å²) in [6.07, 6.45) is 0.0398. The van der Waals surface area contributed by atoms with Crippen LogP contribution in [0.5, 0.6) is 5.75 Å². The molecule has 1 unspecified atom stereocenters. The summed E-state index contributed by atoms with van der Waals surface area (Å²) in [5.74, 6) is 0.916. The number of benzene rings is 2. The summed E-state index contributed by atoms with van der Waals surface area (Å²) < 4.78 is 6.06. The van der Waals surface area contributed by atoms with Gasteiger partial charge >= 0.3 is 0 Å². The van der Waals surface area contributed by atoms with E-state index >= 15 is 0 Å². The van der Waals surface area contributed by atoms with E-state index in [0.717, 1.165) is 12.3 Å². The molecule has 0 bridgehead atoms. The molecular weight excluding hydrogens is 222 g/mol. The Balaban J connectivity index is 2.16. The summed E-state index contributed by atoms with van der Waals surface area (Å²) in [7, 11) is 1.94. The van der Waals surface area contributed by atoms with Gasteiger partial charge in [-0.1, -0.05) is 42.5 Å². The van der Waals surface area contributed by atoms with Crippen molar-refractivity contribution in [2.45, 2.75) is 13.0 Å². The standard InChI is InChI=1S/C16H19NO/c1-13-7-6-10-15(11-13)18-16(12-17-2)14-8-4-3-5-9-14/h3-11,16-17H,12H2,1-2H3. The molecule has 18 heavy (non-hydrogen) atoms. The maximum atomic E-state index is 6.06. The normalized spacial score (nSPS) is 12.1. The van der Waals surface area contributed by atoms with Gasteiger partial charge in [-0.15, -0.1) is 0 Å². The van der Waals surface area contributed by atoms with E-state index in [0.29, 0.717) is 0 Å². The van der Waals surface area contributed by atoms with Gasteiger partial charge in [0.25, 0.3) is 0 Å². The summed E-state index contributed by atoms with van der Waals surface area (Å²) in [5, 5.41) is 3.18. The van der Waals surface area contributed by atoms with Crippen LogP contribution in [-0.4, -0.2) is 13.6 Å². The molecule has 0 aromatic heterocycles. The number of hydrogen-bond donors (Lipinski definition) is 1. The smallest absolute Gasteiger partial charge is 0.136 e. The zero-order chi connectivity index (χ0) is 12.8. The highest BCUT2D eigenvalue weighted by molar-refractivity contribution is 5.29. The third-order valence-corrected chi connectivity index (χ3v) is 2.83. The molecule has 0 saturated heterocycles. The number of nitrogens with one attached hydrogen (secondary N) is 1. The van der Waals surface area contributed by atoms with Crippen LogP contribution in [-0.2, 0) is 0 Å². The number of aryl methyl sites for hydroxylation is 1. The fourth-order valence-electron chi connectivity index (χ4n) is 1.93. The molecule has 2 aromatic rings. The van der Waals surface area contributed by atoms with E-state index in [1.807, 2.05) is 37.4 Å². The lowest BCUT2D eigenvalue weighted by atomic mass is 10.1. The number of ether oxygens (including phenoxy) is 1. The predicted octanol–water partition coefficient (Wildman–Crippen LogP) is 3.33. The second kappa shape index (κ2) is 6.22. The Morgan fingerprint density at radius 1 is 1.06 bits per heavy atom. The minimum absolute atomic E-state index is 0.0398. The van der Waals surface area contributed by atoms with Gasteiger partial charge in [-0.3, -0.25) is 0 Å². The van der Waals surface area contributed by atoms with Crippen molar-refractivity contribution >= 4 is 0 Å². The van der Waals surface area contributed by atoms with Gasteiger partial charge in [0, 0.05) is 6.54 Å². The average Bonchev–Trinajstić information content (AvgIpc) is 2.39. The molecule has 0 radical (unpaired) electrons. The molecule has 2 aromatic carbocycles. The molecule has 0 amide bonds. The Labute approximate surface area is 109 Å². The summed E-state index contributed by atoms with van der Waals surface area (Å²) in [4.78, 5) is 0. The highest BCUT2D eigenvalue weighted by Crippen LogP contribution is 2.22. The first-order valence-corrected chi connectivity index (χ1v) is 6.22. The van der Waals surface area contributed by atoms with Crippen LogP contribution >= 0.6 is 0 Å². The van der Waals surface area contributed by atoms with E-state index in [-0.39, 0.29) is 6.10 Å². The fourth-order valence-corrected chi connectivity index (χ4v) is 1.93. The lowest BCUT2D eigenvalue weighted by Gasteiger charge is -2.19.